The normalized spacial score (nSPS) is 11.3. The number of aliphatic carboxylic acids is 1. The molecule has 0 saturated carbocycles. The zero-order chi connectivity index (χ0) is 10.8. The first-order chi connectivity index (χ1) is 7.15. The molecule has 4 nitrogen and oxygen atoms in total. The fourth-order valence-corrected chi connectivity index (χ4v) is 1.57. The van der Waals surface area contributed by atoms with E-state index in [2.05, 4.69) is 20.9 Å². The number of halogens is 1. The van der Waals surface area contributed by atoms with Crippen LogP contribution in [0, 0.1) is 0 Å². The van der Waals surface area contributed by atoms with Crippen LogP contribution in [0.1, 0.15) is 5.69 Å². The van der Waals surface area contributed by atoms with Crippen LogP contribution in [-0.4, -0.2) is 20.5 Å². The quantitative estimate of drug-likeness (QED) is 0.848. The molecule has 2 aromatic rings. The molecule has 0 aliphatic heterocycles. The summed E-state index contributed by atoms with van der Waals surface area (Å²) in [7, 11) is 0. The molecule has 2 heterocycles. The summed E-state index contributed by atoms with van der Waals surface area (Å²) in [6.45, 7) is 0. The first-order valence-electron chi connectivity index (χ1n) is 4.20. The van der Waals surface area contributed by atoms with Crippen molar-refractivity contribution in [2.24, 2.45) is 0 Å². The van der Waals surface area contributed by atoms with Gasteiger partial charge in [0.05, 0.1) is 5.69 Å². The fourth-order valence-electron chi connectivity index (χ4n) is 1.22. The summed E-state index contributed by atoms with van der Waals surface area (Å²) < 4.78 is 2.77. The molecule has 0 spiro atoms. The number of rotatable bonds is 2. The smallest absolute Gasteiger partial charge is 0.328 e. The van der Waals surface area contributed by atoms with Crippen molar-refractivity contribution in [2.75, 3.05) is 0 Å². The molecule has 0 fully saturated rings. The van der Waals surface area contributed by atoms with E-state index in [1.54, 1.807) is 6.20 Å². The molecular formula is C10H7BrN2O2. The minimum absolute atomic E-state index is 0.621. The number of pyridine rings is 1. The van der Waals surface area contributed by atoms with E-state index in [1.165, 1.54) is 6.08 Å². The summed E-state index contributed by atoms with van der Waals surface area (Å²) in [5.41, 5.74) is 1.40. The van der Waals surface area contributed by atoms with Crippen LogP contribution in [0.2, 0.25) is 0 Å². The number of hydrogen-bond acceptors (Lipinski definition) is 2. The highest BCUT2D eigenvalue weighted by atomic mass is 79.9. The molecule has 2 rings (SSSR count). The number of carboxylic acid groups (broad SMARTS) is 1. The molecule has 1 N–H and O–H groups in total. The average molecular weight is 267 g/mol. The van der Waals surface area contributed by atoms with E-state index in [0.717, 1.165) is 16.2 Å². The molecule has 0 aliphatic carbocycles. The van der Waals surface area contributed by atoms with Crippen LogP contribution in [-0.2, 0) is 4.79 Å². The zero-order valence-corrected chi connectivity index (χ0v) is 9.18. The molecule has 0 saturated heterocycles. The molecular weight excluding hydrogens is 260 g/mol. The standard InChI is InChI=1S/C10H7BrN2O2/c11-7-1-3-9-12-8(2-4-10(14)15)6-13(9)5-7/h1-6H,(H,14,15)/b4-2+. The number of fused-ring (bicyclic) bond motifs is 1. The van der Waals surface area contributed by atoms with Crippen LogP contribution >= 0.6 is 15.9 Å². The molecule has 0 bridgehead atoms. The number of imidazole rings is 1. The Morgan fingerprint density at radius 3 is 3.00 bits per heavy atom. The maximum atomic E-state index is 10.3. The van der Waals surface area contributed by atoms with Gasteiger partial charge in [-0.2, -0.15) is 0 Å². The maximum Gasteiger partial charge on any atom is 0.328 e. The van der Waals surface area contributed by atoms with Gasteiger partial charge >= 0.3 is 5.97 Å². The predicted octanol–water partition coefficient (Wildman–Crippen LogP) is 2.19. The van der Waals surface area contributed by atoms with Gasteiger partial charge in [0, 0.05) is 22.9 Å². The van der Waals surface area contributed by atoms with Gasteiger partial charge in [-0.25, -0.2) is 9.78 Å². The van der Waals surface area contributed by atoms with Crippen molar-refractivity contribution in [3.63, 3.8) is 0 Å². The molecule has 0 aliphatic rings. The van der Waals surface area contributed by atoms with Crippen LogP contribution < -0.4 is 0 Å². The topological polar surface area (TPSA) is 54.6 Å². The Morgan fingerprint density at radius 1 is 1.47 bits per heavy atom. The van der Waals surface area contributed by atoms with Gasteiger partial charge in [0.25, 0.3) is 0 Å². The van der Waals surface area contributed by atoms with Gasteiger partial charge in [-0.15, -0.1) is 0 Å². The summed E-state index contributed by atoms with van der Waals surface area (Å²) in [5.74, 6) is -0.978. The number of hydrogen-bond donors (Lipinski definition) is 1. The lowest BCUT2D eigenvalue weighted by atomic mass is 10.4. The highest BCUT2D eigenvalue weighted by Gasteiger charge is 1.99. The molecule has 2 aromatic heterocycles. The van der Waals surface area contributed by atoms with E-state index in [4.69, 9.17) is 5.11 Å². The van der Waals surface area contributed by atoms with Gasteiger partial charge in [0.1, 0.15) is 5.65 Å². The van der Waals surface area contributed by atoms with Crippen molar-refractivity contribution in [1.29, 1.82) is 0 Å². The SMILES string of the molecule is O=C(O)/C=C/c1cn2cc(Br)ccc2n1. The second-order valence-corrected chi connectivity index (χ2v) is 3.87. The van der Waals surface area contributed by atoms with Gasteiger partial charge < -0.3 is 9.51 Å². The van der Waals surface area contributed by atoms with E-state index >= 15 is 0 Å². The Morgan fingerprint density at radius 2 is 2.27 bits per heavy atom. The van der Waals surface area contributed by atoms with E-state index in [9.17, 15) is 4.79 Å². The van der Waals surface area contributed by atoms with Crippen LogP contribution in [0.25, 0.3) is 11.7 Å². The summed E-state index contributed by atoms with van der Waals surface area (Å²) in [6, 6.07) is 3.73. The van der Waals surface area contributed by atoms with Gasteiger partial charge in [0.15, 0.2) is 0 Å². The molecule has 0 radical (unpaired) electrons. The highest BCUT2D eigenvalue weighted by molar-refractivity contribution is 9.10. The second kappa shape index (κ2) is 3.86. The monoisotopic (exact) mass is 266 g/mol. The largest absolute Gasteiger partial charge is 0.478 e. The second-order valence-electron chi connectivity index (χ2n) is 2.95. The van der Waals surface area contributed by atoms with Crippen LogP contribution in [0.4, 0.5) is 0 Å². The van der Waals surface area contributed by atoms with Crippen LogP contribution in [0.3, 0.4) is 0 Å². The van der Waals surface area contributed by atoms with Gasteiger partial charge in [-0.05, 0) is 34.1 Å². The van der Waals surface area contributed by atoms with Crippen molar-refractivity contribution in [1.82, 2.24) is 9.38 Å². The Hall–Kier alpha value is -1.62. The highest BCUT2D eigenvalue weighted by Crippen LogP contribution is 2.12. The van der Waals surface area contributed by atoms with E-state index in [0.29, 0.717) is 5.69 Å². The summed E-state index contributed by atoms with van der Waals surface area (Å²) >= 11 is 3.34. The van der Waals surface area contributed by atoms with Crippen LogP contribution in [0.5, 0.6) is 0 Å². The van der Waals surface area contributed by atoms with Gasteiger partial charge in [0.2, 0.25) is 0 Å². The van der Waals surface area contributed by atoms with E-state index in [-0.39, 0.29) is 0 Å². The first kappa shape index (κ1) is 9.92. The zero-order valence-electron chi connectivity index (χ0n) is 7.59. The first-order valence-corrected chi connectivity index (χ1v) is 5.00. The predicted molar refractivity (Wildman–Crippen MR) is 59.6 cm³/mol. The molecule has 0 aromatic carbocycles. The Balaban J connectivity index is 2.43. The van der Waals surface area contributed by atoms with Crippen molar-refractivity contribution >= 4 is 33.6 Å². The van der Waals surface area contributed by atoms with Crippen LogP contribution in [0.15, 0.2) is 35.1 Å². The number of carbonyl (C=O) groups is 1. The lowest BCUT2D eigenvalue weighted by molar-refractivity contribution is -0.131. The number of nitrogens with zero attached hydrogens (tertiary/aromatic N) is 2. The van der Waals surface area contributed by atoms with Crippen molar-refractivity contribution in [3.8, 4) is 0 Å². The van der Waals surface area contributed by atoms with Gasteiger partial charge in [-0.3, -0.25) is 0 Å². The third-order valence-corrected chi connectivity index (χ3v) is 2.30. The Kier molecular flexibility index (Phi) is 2.55. The maximum absolute atomic E-state index is 10.3. The third kappa shape index (κ3) is 2.24. The molecule has 0 unspecified atom stereocenters. The molecule has 76 valence electrons. The molecule has 15 heavy (non-hydrogen) atoms. The Labute approximate surface area is 94.0 Å². The minimum atomic E-state index is -0.978. The lowest BCUT2D eigenvalue weighted by Crippen LogP contribution is -1.85. The van der Waals surface area contributed by atoms with Crippen molar-refractivity contribution in [2.45, 2.75) is 0 Å². The van der Waals surface area contributed by atoms with Crippen molar-refractivity contribution in [3.05, 3.63) is 40.8 Å². The third-order valence-electron chi connectivity index (χ3n) is 1.83. The summed E-state index contributed by atoms with van der Waals surface area (Å²) in [5, 5.41) is 8.46. The number of carboxylic acids is 1. The summed E-state index contributed by atoms with van der Waals surface area (Å²) in [4.78, 5) is 14.5. The van der Waals surface area contributed by atoms with E-state index in [1.807, 2.05) is 22.7 Å². The lowest BCUT2D eigenvalue weighted by Gasteiger charge is -1.91. The molecule has 0 atom stereocenters. The fraction of sp³-hybridized carbons (Fsp3) is 0. The summed E-state index contributed by atoms with van der Waals surface area (Å²) in [6.07, 6.45) is 6.15. The Bertz CT molecular complexity index is 545. The van der Waals surface area contributed by atoms with Gasteiger partial charge in [-0.1, -0.05) is 0 Å². The molecule has 0 amide bonds. The van der Waals surface area contributed by atoms with E-state index < -0.39 is 5.97 Å². The number of aromatic nitrogens is 2. The minimum Gasteiger partial charge on any atom is -0.478 e. The average Bonchev–Trinajstić information content (AvgIpc) is 2.56. The van der Waals surface area contributed by atoms with Crippen molar-refractivity contribution < 1.29 is 9.90 Å². The molecule has 5 heteroatoms.